The lowest BCUT2D eigenvalue weighted by Crippen LogP contribution is -2.49. The van der Waals surface area contributed by atoms with Gasteiger partial charge in [0.15, 0.2) is 5.78 Å². The van der Waals surface area contributed by atoms with Gasteiger partial charge in [-0.1, -0.05) is 55.6 Å². The van der Waals surface area contributed by atoms with Crippen LogP contribution in [0.2, 0.25) is 13.1 Å². The number of benzene rings is 3. The number of phenols is 1. The number of hydrogen-bond donors (Lipinski definition) is 2. The van der Waals surface area contributed by atoms with E-state index in [2.05, 4.69) is 29.0 Å². The molecular formula is C33H31BrO6Si. The Bertz CT molecular complexity index is 1660. The van der Waals surface area contributed by atoms with Crippen molar-refractivity contribution in [1.29, 1.82) is 0 Å². The smallest absolute Gasteiger partial charge is 0.339 e. The van der Waals surface area contributed by atoms with Gasteiger partial charge < -0.3 is 14.9 Å². The molecule has 0 radical (unpaired) electrons. The second kappa shape index (κ2) is 11.5. The number of allylic oxidation sites excluding steroid dienone is 5. The second-order valence-corrected chi connectivity index (χ2v) is 16.5. The van der Waals surface area contributed by atoms with E-state index in [1.807, 2.05) is 51.1 Å². The molecule has 0 spiro atoms. The molecule has 0 saturated heterocycles. The monoisotopic (exact) mass is 630 g/mol. The van der Waals surface area contributed by atoms with Crippen molar-refractivity contribution in [2.24, 2.45) is 0 Å². The van der Waals surface area contributed by atoms with Crippen LogP contribution in [0.25, 0.3) is 5.57 Å². The Morgan fingerprint density at radius 2 is 1.51 bits per heavy atom. The van der Waals surface area contributed by atoms with Gasteiger partial charge in [0, 0.05) is 4.47 Å². The highest BCUT2D eigenvalue weighted by molar-refractivity contribution is 9.10. The van der Waals surface area contributed by atoms with Gasteiger partial charge in [-0.25, -0.2) is 9.59 Å². The van der Waals surface area contributed by atoms with Gasteiger partial charge in [0.2, 0.25) is 0 Å². The second-order valence-electron chi connectivity index (χ2n) is 11.3. The van der Waals surface area contributed by atoms with Crippen molar-refractivity contribution < 1.29 is 29.3 Å². The summed E-state index contributed by atoms with van der Waals surface area (Å²) in [6.45, 7) is 9.83. The number of esters is 1. The number of carbonyl (C=O) groups is 3. The Labute approximate surface area is 248 Å². The summed E-state index contributed by atoms with van der Waals surface area (Å²) in [7, 11) is -2.24. The number of halogens is 1. The van der Waals surface area contributed by atoms with Crippen molar-refractivity contribution in [3.63, 3.8) is 0 Å². The van der Waals surface area contributed by atoms with Crippen LogP contribution in [0, 0.1) is 0 Å². The minimum atomic E-state index is -2.24. The predicted molar refractivity (Wildman–Crippen MR) is 166 cm³/mol. The number of ketones is 1. The van der Waals surface area contributed by atoms with Crippen molar-refractivity contribution in [3.8, 4) is 5.75 Å². The highest BCUT2D eigenvalue weighted by Crippen LogP contribution is 2.42. The third-order valence-electron chi connectivity index (χ3n) is 6.80. The molecule has 0 atom stereocenters. The minimum Gasteiger partial charge on any atom is -0.508 e. The first-order chi connectivity index (χ1) is 19.2. The molecule has 0 amide bonds. The normalized spacial score (nSPS) is 15.2. The van der Waals surface area contributed by atoms with E-state index in [-0.39, 0.29) is 23.1 Å². The van der Waals surface area contributed by atoms with Crippen molar-refractivity contribution in [2.45, 2.75) is 39.5 Å². The summed E-state index contributed by atoms with van der Waals surface area (Å²) in [5.41, 5.74) is 3.55. The molecule has 3 aromatic carbocycles. The lowest BCUT2D eigenvalue weighted by molar-refractivity contribution is -0.110. The van der Waals surface area contributed by atoms with Crippen molar-refractivity contribution in [3.05, 3.63) is 122 Å². The van der Waals surface area contributed by atoms with E-state index in [1.54, 1.807) is 48.6 Å². The summed E-state index contributed by atoms with van der Waals surface area (Å²) >= 11 is 3.30. The molecule has 2 aliphatic rings. The quantitative estimate of drug-likeness (QED) is 0.243. The van der Waals surface area contributed by atoms with Crippen molar-refractivity contribution in [1.82, 2.24) is 0 Å². The van der Waals surface area contributed by atoms with Crippen LogP contribution in [0.5, 0.6) is 5.75 Å². The molecule has 1 heterocycles. The molecule has 2 N–H and O–H groups in total. The Hall–Kier alpha value is -4.01. The van der Waals surface area contributed by atoms with Crippen LogP contribution in [0.3, 0.4) is 0 Å². The molecule has 210 valence electrons. The van der Waals surface area contributed by atoms with Gasteiger partial charge in [0.1, 0.15) is 19.4 Å². The summed E-state index contributed by atoms with van der Waals surface area (Å²) in [6.07, 6.45) is 4.99. The number of hydrogen-bond acceptors (Lipinski definition) is 5. The van der Waals surface area contributed by atoms with E-state index in [9.17, 15) is 24.6 Å². The zero-order valence-electron chi connectivity index (χ0n) is 23.5. The first kappa shape index (κ1) is 30.0. The van der Waals surface area contributed by atoms with Gasteiger partial charge in [-0.15, -0.1) is 0 Å². The van der Waals surface area contributed by atoms with Crippen LogP contribution < -0.4 is 5.19 Å². The standard InChI is InChI=1S/C22H18O4Si.C11H13BrO2/c1-27(2)19-11-13(23)7-9-17(19)21(18-10-8-14(24)12-20(18)27)15-5-3-4-6-16(15)22(25)26;1-11(2,3)14-10(13)8-6-4-5-7-9(8)12/h3-12,23H,1-2H3,(H,25,26);4-7H,1-3H3. The van der Waals surface area contributed by atoms with Crippen LogP contribution in [-0.2, 0) is 9.53 Å². The largest absolute Gasteiger partial charge is 0.508 e. The van der Waals surface area contributed by atoms with Gasteiger partial charge in [0.05, 0.1) is 11.1 Å². The Kier molecular flexibility index (Phi) is 8.38. The number of carboxylic acid groups (broad SMARTS) is 1. The lowest BCUT2D eigenvalue weighted by atomic mass is 9.87. The average molecular weight is 632 g/mol. The van der Waals surface area contributed by atoms with Crippen LogP contribution >= 0.6 is 15.9 Å². The maximum atomic E-state index is 12.1. The van der Waals surface area contributed by atoms with E-state index in [4.69, 9.17) is 4.74 Å². The summed E-state index contributed by atoms with van der Waals surface area (Å²) in [5, 5.41) is 21.7. The van der Waals surface area contributed by atoms with Crippen LogP contribution in [0.15, 0.2) is 100 Å². The van der Waals surface area contributed by atoms with Crippen LogP contribution in [-0.4, -0.2) is 41.6 Å². The first-order valence-corrected chi connectivity index (χ1v) is 16.8. The summed E-state index contributed by atoms with van der Waals surface area (Å²) < 4.78 is 5.99. The molecule has 0 saturated carbocycles. The zero-order chi connectivity index (χ0) is 30.1. The first-order valence-electron chi connectivity index (χ1n) is 13.0. The van der Waals surface area contributed by atoms with Gasteiger partial charge >= 0.3 is 11.9 Å². The van der Waals surface area contributed by atoms with Gasteiger partial charge in [-0.2, -0.15) is 0 Å². The number of aromatic hydroxyl groups is 1. The summed E-state index contributed by atoms with van der Waals surface area (Å²) in [6, 6.07) is 19.3. The molecule has 0 aromatic heterocycles. The molecule has 3 aromatic rings. The Morgan fingerprint density at radius 1 is 0.878 bits per heavy atom. The minimum absolute atomic E-state index is 0.0659. The molecule has 8 heteroatoms. The molecule has 1 aliphatic heterocycles. The zero-order valence-corrected chi connectivity index (χ0v) is 26.1. The van der Waals surface area contributed by atoms with Crippen LogP contribution in [0.1, 0.15) is 52.6 Å². The predicted octanol–water partition coefficient (Wildman–Crippen LogP) is 6.83. The number of carbonyl (C=O) groups excluding carboxylic acids is 2. The number of fused-ring (bicyclic) bond motifs is 2. The van der Waals surface area contributed by atoms with Gasteiger partial charge in [-0.05, 0) is 112 Å². The number of aromatic carboxylic acids is 1. The topological polar surface area (TPSA) is 101 Å². The number of ether oxygens (including phenoxy) is 1. The fraction of sp³-hybridized carbons (Fsp3) is 0.182. The van der Waals surface area contributed by atoms with Crippen LogP contribution in [0.4, 0.5) is 0 Å². The van der Waals surface area contributed by atoms with E-state index in [0.29, 0.717) is 11.1 Å². The number of rotatable bonds is 3. The third kappa shape index (κ3) is 6.34. The Balaban J connectivity index is 0.000000234. The average Bonchev–Trinajstić information content (AvgIpc) is 2.89. The fourth-order valence-electron chi connectivity index (χ4n) is 4.95. The van der Waals surface area contributed by atoms with E-state index in [1.165, 1.54) is 6.08 Å². The van der Waals surface area contributed by atoms with Gasteiger partial charge in [-0.3, -0.25) is 4.79 Å². The van der Waals surface area contributed by atoms with E-state index >= 15 is 0 Å². The van der Waals surface area contributed by atoms with Crippen molar-refractivity contribution >= 4 is 52.5 Å². The van der Waals surface area contributed by atoms with Gasteiger partial charge in [0.25, 0.3) is 0 Å². The third-order valence-corrected chi connectivity index (χ3v) is 11.0. The molecule has 41 heavy (non-hydrogen) atoms. The van der Waals surface area contributed by atoms with Crippen molar-refractivity contribution in [2.75, 3.05) is 0 Å². The summed E-state index contributed by atoms with van der Waals surface area (Å²) in [4.78, 5) is 35.6. The molecule has 0 unspecified atom stereocenters. The molecule has 6 nitrogen and oxygen atoms in total. The van der Waals surface area contributed by atoms with E-state index < -0.39 is 19.6 Å². The molecule has 0 bridgehead atoms. The highest BCUT2D eigenvalue weighted by atomic mass is 79.9. The SMILES string of the molecule is CC(C)(C)OC(=O)c1ccccc1Br.C[Si]1(C)C2=CC(=O)C=CC2=C(c2ccccc2C(=O)O)c2ccc(O)cc21. The molecular weight excluding hydrogens is 600 g/mol. The molecule has 0 fully saturated rings. The Morgan fingerprint density at radius 3 is 2.15 bits per heavy atom. The maximum absolute atomic E-state index is 12.1. The number of carboxylic acids is 1. The fourth-order valence-corrected chi connectivity index (χ4v) is 8.47. The van der Waals surface area contributed by atoms with E-state index in [0.717, 1.165) is 31.6 Å². The summed E-state index contributed by atoms with van der Waals surface area (Å²) in [5.74, 6) is -1.20. The lowest BCUT2D eigenvalue weighted by Gasteiger charge is -2.37. The molecule has 5 rings (SSSR count). The highest BCUT2D eigenvalue weighted by Gasteiger charge is 2.40. The maximum Gasteiger partial charge on any atom is 0.339 e. The number of phenolic OH excluding ortho intramolecular Hbond substituents is 1. The molecule has 1 aliphatic carbocycles.